The van der Waals surface area contributed by atoms with E-state index in [-0.39, 0.29) is 11.2 Å². The minimum Gasteiger partial charge on any atom is -0.486 e. The summed E-state index contributed by atoms with van der Waals surface area (Å²) in [6, 6.07) is 18.3. The van der Waals surface area contributed by atoms with Crippen LogP contribution in [0.15, 0.2) is 59.8 Å². The third kappa shape index (κ3) is 6.38. The Kier molecular flexibility index (Phi) is 7.70. The first-order valence-electron chi connectivity index (χ1n) is 11.7. The van der Waals surface area contributed by atoms with Gasteiger partial charge in [0.1, 0.15) is 17.6 Å². The Balaban J connectivity index is 1.54. The lowest BCUT2D eigenvalue weighted by Gasteiger charge is -2.18. The van der Waals surface area contributed by atoms with Gasteiger partial charge in [-0.2, -0.15) is 0 Å². The molecule has 1 amide bonds. The molecule has 1 aliphatic rings. The quantitative estimate of drug-likeness (QED) is 0.396. The molecule has 1 aromatic heterocycles. The molecule has 1 heterocycles. The Hall–Kier alpha value is -2.80. The number of benzene rings is 2. The summed E-state index contributed by atoms with van der Waals surface area (Å²) in [5.41, 5.74) is 2.24. The van der Waals surface area contributed by atoms with Gasteiger partial charge in [0.15, 0.2) is 11.0 Å². The van der Waals surface area contributed by atoms with Crippen molar-refractivity contribution in [1.82, 2.24) is 20.1 Å². The molecule has 1 saturated carbocycles. The van der Waals surface area contributed by atoms with Gasteiger partial charge >= 0.3 is 0 Å². The standard InChI is InChI=1S/C26H32N4O2S/c1-4-19-10-14-22(15-11-19)32-17-23-28-29-26(30(23)16-18(2)3)33-24(20-8-6-5-7-9-20)25(31)27-21-12-13-21/h5-11,14-15,18,21,24H,4,12-13,16-17H2,1-3H3,(H,27,31). The second-order valence-corrected chi connectivity index (χ2v) is 9.95. The summed E-state index contributed by atoms with van der Waals surface area (Å²) in [7, 11) is 0. The molecule has 174 valence electrons. The Morgan fingerprint density at radius 3 is 2.48 bits per heavy atom. The topological polar surface area (TPSA) is 69.0 Å². The predicted octanol–water partition coefficient (Wildman–Crippen LogP) is 5.19. The lowest BCUT2D eigenvalue weighted by molar-refractivity contribution is -0.120. The Morgan fingerprint density at radius 2 is 1.85 bits per heavy atom. The molecule has 1 fully saturated rings. The third-order valence-electron chi connectivity index (χ3n) is 5.53. The SMILES string of the molecule is CCc1ccc(OCc2nnc(SC(C(=O)NC3CC3)c3ccccc3)n2CC(C)C)cc1. The zero-order valence-electron chi connectivity index (χ0n) is 19.5. The van der Waals surface area contributed by atoms with Gasteiger partial charge < -0.3 is 14.6 Å². The minimum absolute atomic E-state index is 0.0293. The largest absolute Gasteiger partial charge is 0.486 e. The number of thioether (sulfide) groups is 1. The van der Waals surface area contributed by atoms with Gasteiger partial charge in [-0.15, -0.1) is 10.2 Å². The maximum atomic E-state index is 13.1. The number of amides is 1. The van der Waals surface area contributed by atoms with Crippen LogP contribution in [0.5, 0.6) is 5.75 Å². The molecular weight excluding hydrogens is 432 g/mol. The van der Waals surface area contributed by atoms with Gasteiger partial charge in [0.05, 0.1) is 0 Å². The summed E-state index contributed by atoms with van der Waals surface area (Å²) in [6.45, 7) is 7.55. The van der Waals surface area contributed by atoms with Crippen LogP contribution in [0.3, 0.4) is 0 Å². The van der Waals surface area contributed by atoms with E-state index in [1.807, 2.05) is 42.5 Å². The average molecular weight is 465 g/mol. The van der Waals surface area contributed by atoms with Crippen LogP contribution in [0, 0.1) is 5.92 Å². The lowest BCUT2D eigenvalue weighted by Crippen LogP contribution is -2.30. The normalized spacial score (nSPS) is 14.3. The zero-order chi connectivity index (χ0) is 23.2. The van der Waals surface area contributed by atoms with Crippen LogP contribution in [-0.4, -0.2) is 26.7 Å². The molecule has 0 bridgehead atoms. The molecule has 0 saturated heterocycles. The molecule has 1 aliphatic carbocycles. The van der Waals surface area contributed by atoms with Crippen LogP contribution in [0.25, 0.3) is 0 Å². The van der Waals surface area contributed by atoms with Crippen molar-refractivity contribution < 1.29 is 9.53 Å². The second-order valence-electron chi connectivity index (χ2n) is 8.88. The number of carbonyl (C=O) groups is 1. The molecule has 1 atom stereocenters. The van der Waals surface area contributed by atoms with Crippen molar-refractivity contribution in [2.24, 2.45) is 5.92 Å². The minimum atomic E-state index is -0.378. The van der Waals surface area contributed by atoms with Crippen LogP contribution in [-0.2, 0) is 24.4 Å². The van der Waals surface area contributed by atoms with Crippen LogP contribution in [0.2, 0.25) is 0 Å². The van der Waals surface area contributed by atoms with Crippen LogP contribution < -0.4 is 10.1 Å². The van der Waals surface area contributed by atoms with Crippen molar-refractivity contribution in [2.75, 3.05) is 0 Å². The lowest BCUT2D eigenvalue weighted by atomic mass is 10.1. The highest BCUT2D eigenvalue weighted by atomic mass is 32.2. The highest BCUT2D eigenvalue weighted by Crippen LogP contribution is 2.36. The highest BCUT2D eigenvalue weighted by Gasteiger charge is 2.30. The van der Waals surface area contributed by atoms with Crippen LogP contribution in [0.4, 0.5) is 0 Å². The Morgan fingerprint density at radius 1 is 1.12 bits per heavy atom. The van der Waals surface area contributed by atoms with Crippen LogP contribution in [0.1, 0.15) is 55.8 Å². The average Bonchev–Trinajstić information content (AvgIpc) is 3.57. The van der Waals surface area contributed by atoms with E-state index in [2.05, 4.69) is 53.0 Å². The number of aromatic nitrogens is 3. The number of nitrogens with zero attached hydrogens (tertiary/aromatic N) is 3. The Bertz CT molecular complexity index is 1050. The number of aryl methyl sites for hydroxylation is 1. The van der Waals surface area contributed by atoms with Crippen molar-refractivity contribution in [3.05, 3.63) is 71.5 Å². The van der Waals surface area contributed by atoms with Gasteiger partial charge in [0.2, 0.25) is 5.91 Å². The van der Waals surface area contributed by atoms with Gasteiger partial charge in [-0.3, -0.25) is 4.79 Å². The summed E-state index contributed by atoms with van der Waals surface area (Å²) < 4.78 is 8.11. The molecule has 0 spiro atoms. The van der Waals surface area contributed by atoms with E-state index >= 15 is 0 Å². The molecule has 4 rings (SSSR count). The number of hydrogen-bond donors (Lipinski definition) is 1. The van der Waals surface area contributed by atoms with Gasteiger partial charge in [-0.1, -0.05) is 75.0 Å². The molecule has 7 heteroatoms. The number of ether oxygens (including phenoxy) is 1. The highest BCUT2D eigenvalue weighted by molar-refractivity contribution is 8.00. The fraction of sp³-hybridized carbons (Fsp3) is 0.423. The maximum Gasteiger partial charge on any atom is 0.238 e. The van der Waals surface area contributed by atoms with Crippen molar-refractivity contribution in [2.45, 2.75) is 69.6 Å². The van der Waals surface area contributed by atoms with E-state index in [9.17, 15) is 4.79 Å². The zero-order valence-corrected chi connectivity index (χ0v) is 20.3. The van der Waals surface area contributed by atoms with Gasteiger partial charge in [0.25, 0.3) is 0 Å². The van der Waals surface area contributed by atoms with Crippen molar-refractivity contribution >= 4 is 17.7 Å². The van der Waals surface area contributed by atoms with Crippen LogP contribution >= 0.6 is 11.8 Å². The predicted molar refractivity (Wildman–Crippen MR) is 131 cm³/mol. The van der Waals surface area contributed by atoms with Gasteiger partial charge in [-0.25, -0.2) is 0 Å². The summed E-state index contributed by atoms with van der Waals surface area (Å²) in [5.74, 6) is 2.01. The first-order valence-corrected chi connectivity index (χ1v) is 12.6. The fourth-order valence-corrected chi connectivity index (χ4v) is 4.62. The third-order valence-corrected chi connectivity index (χ3v) is 6.76. The van der Waals surface area contributed by atoms with E-state index in [0.717, 1.165) is 48.1 Å². The molecule has 0 aliphatic heterocycles. The number of hydrogen-bond acceptors (Lipinski definition) is 5. The van der Waals surface area contributed by atoms with Gasteiger partial charge in [-0.05, 0) is 48.4 Å². The van der Waals surface area contributed by atoms with Gasteiger partial charge in [0, 0.05) is 12.6 Å². The number of nitrogens with one attached hydrogen (secondary N) is 1. The fourth-order valence-electron chi connectivity index (χ4n) is 3.54. The molecule has 1 N–H and O–H groups in total. The number of carbonyl (C=O) groups excluding carboxylic acids is 1. The van der Waals surface area contributed by atoms with Crippen molar-refractivity contribution in [3.8, 4) is 5.75 Å². The first-order chi connectivity index (χ1) is 16.0. The molecule has 3 aromatic rings. The smallest absolute Gasteiger partial charge is 0.238 e. The first kappa shape index (κ1) is 23.4. The molecule has 0 radical (unpaired) electrons. The molecule has 2 aromatic carbocycles. The van der Waals surface area contributed by atoms with E-state index in [1.165, 1.54) is 17.3 Å². The Labute approximate surface area is 200 Å². The van der Waals surface area contributed by atoms with Crippen molar-refractivity contribution in [1.29, 1.82) is 0 Å². The van der Waals surface area contributed by atoms with E-state index < -0.39 is 0 Å². The maximum absolute atomic E-state index is 13.1. The summed E-state index contributed by atoms with van der Waals surface area (Å²) in [4.78, 5) is 13.1. The molecule has 6 nitrogen and oxygen atoms in total. The summed E-state index contributed by atoms with van der Waals surface area (Å²) in [5, 5.41) is 12.4. The monoisotopic (exact) mass is 464 g/mol. The number of rotatable bonds is 11. The summed E-state index contributed by atoms with van der Waals surface area (Å²) in [6.07, 6.45) is 3.12. The van der Waals surface area contributed by atoms with E-state index in [1.54, 1.807) is 0 Å². The summed E-state index contributed by atoms with van der Waals surface area (Å²) >= 11 is 1.46. The second kappa shape index (κ2) is 10.9. The molecule has 1 unspecified atom stereocenters. The van der Waals surface area contributed by atoms with Crippen molar-refractivity contribution in [3.63, 3.8) is 0 Å². The molecule has 33 heavy (non-hydrogen) atoms. The molecular formula is C26H32N4O2S. The van der Waals surface area contributed by atoms with E-state index in [0.29, 0.717) is 18.6 Å². The van der Waals surface area contributed by atoms with E-state index in [4.69, 9.17) is 4.74 Å².